The standard InChI is InChI=1S/C29H28N2O5/c1-31-19-22(18-27(32)30-26-11-7-6-10-25(26)29(33)34-2)12-17-28(31)36-24-15-13-23(14-16-24)35-20-21-8-4-3-5-9-21/h3-17,19,28H,18,20H2,1-2H3,(H,30,32). The number of nitrogens with zero attached hydrogens (tertiary/aromatic N) is 1. The van der Waals surface area contributed by atoms with Crippen LogP contribution < -0.4 is 14.8 Å². The summed E-state index contributed by atoms with van der Waals surface area (Å²) in [7, 11) is 3.19. The Morgan fingerprint density at radius 2 is 1.61 bits per heavy atom. The average Bonchev–Trinajstić information content (AvgIpc) is 2.90. The van der Waals surface area contributed by atoms with Crippen LogP contribution >= 0.6 is 0 Å². The molecule has 1 aliphatic heterocycles. The van der Waals surface area contributed by atoms with Crippen LogP contribution in [0.2, 0.25) is 0 Å². The molecule has 36 heavy (non-hydrogen) atoms. The highest BCUT2D eigenvalue weighted by Crippen LogP contribution is 2.23. The van der Waals surface area contributed by atoms with Gasteiger partial charge in [0, 0.05) is 13.2 Å². The van der Waals surface area contributed by atoms with E-state index in [0.29, 0.717) is 23.6 Å². The third-order valence-electron chi connectivity index (χ3n) is 5.55. The van der Waals surface area contributed by atoms with Gasteiger partial charge in [0.05, 0.1) is 24.8 Å². The summed E-state index contributed by atoms with van der Waals surface area (Å²) in [5, 5.41) is 2.79. The zero-order valence-electron chi connectivity index (χ0n) is 20.2. The van der Waals surface area contributed by atoms with E-state index in [9.17, 15) is 9.59 Å². The Hall–Kier alpha value is -4.52. The van der Waals surface area contributed by atoms with Crippen LogP contribution in [0.3, 0.4) is 0 Å². The maximum Gasteiger partial charge on any atom is 0.339 e. The zero-order valence-corrected chi connectivity index (χ0v) is 20.2. The van der Waals surface area contributed by atoms with Gasteiger partial charge in [-0.1, -0.05) is 48.5 Å². The number of hydrogen-bond acceptors (Lipinski definition) is 6. The van der Waals surface area contributed by atoms with Gasteiger partial charge in [0.25, 0.3) is 0 Å². The topological polar surface area (TPSA) is 77.1 Å². The first-order valence-electron chi connectivity index (χ1n) is 11.5. The Bertz CT molecular complexity index is 1250. The van der Waals surface area contributed by atoms with Crippen molar-refractivity contribution < 1.29 is 23.8 Å². The van der Waals surface area contributed by atoms with E-state index < -0.39 is 5.97 Å². The normalized spacial score (nSPS) is 14.6. The number of hydrogen-bond donors (Lipinski definition) is 1. The van der Waals surface area contributed by atoms with Gasteiger partial charge in [-0.3, -0.25) is 4.79 Å². The SMILES string of the molecule is COC(=O)c1ccccc1NC(=O)CC1=CN(C)C(Oc2ccc(OCc3ccccc3)cc2)C=C1. The van der Waals surface area contributed by atoms with Crippen molar-refractivity contribution in [2.45, 2.75) is 19.3 Å². The Morgan fingerprint density at radius 1 is 0.917 bits per heavy atom. The van der Waals surface area contributed by atoms with Gasteiger partial charge < -0.3 is 24.4 Å². The molecule has 1 N–H and O–H groups in total. The number of benzene rings is 3. The van der Waals surface area contributed by atoms with E-state index in [2.05, 4.69) is 5.32 Å². The minimum Gasteiger partial charge on any atom is -0.489 e. The molecule has 1 atom stereocenters. The number of ether oxygens (including phenoxy) is 3. The van der Waals surface area contributed by atoms with Crippen molar-refractivity contribution in [3.63, 3.8) is 0 Å². The lowest BCUT2D eigenvalue weighted by molar-refractivity contribution is -0.115. The molecule has 1 heterocycles. The molecule has 1 aliphatic rings. The minimum atomic E-state index is -0.502. The van der Waals surface area contributed by atoms with Crippen molar-refractivity contribution >= 4 is 17.6 Å². The molecule has 1 amide bonds. The second kappa shape index (κ2) is 11.8. The summed E-state index contributed by atoms with van der Waals surface area (Å²) in [5.74, 6) is 0.734. The molecule has 0 aromatic heterocycles. The molecule has 0 spiro atoms. The van der Waals surface area contributed by atoms with Crippen LogP contribution in [0.1, 0.15) is 22.3 Å². The molecule has 0 aliphatic carbocycles. The van der Waals surface area contributed by atoms with Gasteiger partial charge in [-0.25, -0.2) is 4.79 Å². The lowest BCUT2D eigenvalue weighted by Gasteiger charge is -2.28. The van der Waals surface area contributed by atoms with Crippen molar-refractivity contribution in [1.82, 2.24) is 4.90 Å². The molecule has 3 aromatic rings. The van der Waals surface area contributed by atoms with E-state index >= 15 is 0 Å². The molecule has 4 rings (SSSR count). The zero-order chi connectivity index (χ0) is 25.3. The number of rotatable bonds is 9. The summed E-state index contributed by atoms with van der Waals surface area (Å²) in [6.07, 6.45) is 5.47. The maximum absolute atomic E-state index is 12.6. The van der Waals surface area contributed by atoms with E-state index in [1.807, 2.05) is 84.9 Å². The van der Waals surface area contributed by atoms with Gasteiger partial charge >= 0.3 is 5.97 Å². The molecule has 0 radical (unpaired) electrons. The molecule has 184 valence electrons. The summed E-state index contributed by atoms with van der Waals surface area (Å²) in [5.41, 5.74) is 2.65. The number of allylic oxidation sites excluding steroid dienone is 1. The van der Waals surface area contributed by atoms with Crippen molar-refractivity contribution in [2.24, 2.45) is 0 Å². The van der Waals surface area contributed by atoms with Crippen LogP contribution in [0.15, 0.2) is 103 Å². The highest BCUT2D eigenvalue weighted by molar-refractivity contribution is 6.01. The number of likely N-dealkylation sites (N-methyl/N-ethyl adjacent to an activating group) is 1. The van der Waals surface area contributed by atoms with Gasteiger partial charge in [0.1, 0.15) is 18.1 Å². The van der Waals surface area contributed by atoms with Crippen molar-refractivity contribution in [1.29, 1.82) is 0 Å². The van der Waals surface area contributed by atoms with Gasteiger partial charge in [-0.15, -0.1) is 0 Å². The first-order chi connectivity index (χ1) is 17.5. The third-order valence-corrected chi connectivity index (χ3v) is 5.55. The van der Waals surface area contributed by atoms with E-state index in [4.69, 9.17) is 14.2 Å². The van der Waals surface area contributed by atoms with Crippen molar-refractivity contribution in [2.75, 3.05) is 19.5 Å². The molecule has 7 heteroatoms. The van der Waals surface area contributed by atoms with Crippen molar-refractivity contribution in [3.05, 3.63) is 114 Å². The van der Waals surface area contributed by atoms with Gasteiger partial charge in [0.2, 0.25) is 5.91 Å². The van der Waals surface area contributed by atoms with Crippen LogP contribution in [0, 0.1) is 0 Å². The Balaban J connectivity index is 1.29. The highest BCUT2D eigenvalue weighted by Gasteiger charge is 2.18. The summed E-state index contributed by atoms with van der Waals surface area (Å²) in [6, 6.07) is 24.2. The van der Waals surface area contributed by atoms with E-state index in [-0.39, 0.29) is 18.6 Å². The first kappa shape index (κ1) is 24.6. The van der Waals surface area contributed by atoms with Crippen LogP contribution in [0.5, 0.6) is 11.5 Å². The Morgan fingerprint density at radius 3 is 2.33 bits per heavy atom. The molecular formula is C29H28N2O5. The lowest BCUT2D eigenvalue weighted by atomic mass is 10.1. The minimum absolute atomic E-state index is 0.149. The summed E-state index contributed by atoms with van der Waals surface area (Å²) in [4.78, 5) is 26.4. The maximum atomic E-state index is 12.6. The number of anilines is 1. The fraction of sp³-hybridized carbons (Fsp3) is 0.172. The molecular weight excluding hydrogens is 456 g/mol. The third kappa shape index (κ3) is 6.54. The molecule has 3 aromatic carbocycles. The van der Waals surface area contributed by atoms with Gasteiger partial charge in [0.15, 0.2) is 6.23 Å². The first-order valence-corrected chi connectivity index (χ1v) is 11.5. The fourth-order valence-electron chi connectivity index (χ4n) is 3.70. The molecule has 0 fully saturated rings. The molecule has 0 saturated carbocycles. The smallest absolute Gasteiger partial charge is 0.339 e. The number of nitrogens with one attached hydrogen (secondary N) is 1. The van der Waals surface area contributed by atoms with Crippen LogP contribution in [-0.4, -0.2) is 37.2 Å². The largest absolute Gasteiger partial charge is 0.489 e. The van der Waals surface area contributed by atoms with Gasteiger partial charge in [-0.05, 0) is 53.6 Å². The Kier molecular flexibility index (Phi) is 8.03. The average molecular weight is 485 g/mol. The number of para-hydroxylation sites is 1. The second-order valence-electron chi connectivity index (χ2n) is 8.24. The summed E-state index contributed by atoms with van der Waals surface area (Å²) >= 11 is 0. The predicted octanol–water partition coefficient (Wildman–Crippen LogP) is 5.17. The van der Waals surface area contributed by atoms with Crippen LogP contribution in [0.25, 0.3) is 0 Å². The van der Waals surface area contributed by atoms with E-state index in [1.54, 1.807) is 24.3 Å². The van der Waals surface area contributed by atoms with Gasteiger partial charge in [-0.2, -0.15) is 0 Å². The molecule has 7 nitrogen and oxygen atoms in total. The monoisotopic (exact) mass is 484 g/mol. The molecule has 0 bridgehead atoms. The molecule has 0 saturated heterocycles. The van der Waals surface area contributed by atoms with Crippen LogP contribution in [-0.2, 0) is 16.1 Å². The fourth-order valence-corrected chi connectivity index (χ4v) is 3.70. The summed E-state index contributed by atoms with van der Waals surface area (Å²) in [6.45, 7) is 0.505. The van der Waals surface area contributed by atoms with Crippen LogP contribution in [0.4, 0.5) is 5.69 Å². The number of carbonyl (C=O) groups is 2. The number of methoxy groups -OCH3 is 1. The van der Waals surface area contributed by atoms with Crippen molar-refractivity contribution in [3.8, 4) is 11.5 Å². The molecule has 1 unspecified atom stereocenters. The van der Waals surface area contributed by atoms with E-state index in [1.165, 1.54) is 7.11 Å². The Labute approximate surface area is 210 Å². The number of amides is 1. The number of esters is 1. The summed E-state index contributed by atoms with van der Waals surface area (Å²) < 4.78 is 16.7. The number of carbonyl (C=O) groups excluding carboxylic acids is 2. The quantitative estimate of drug-likeness (QED) is 0.422. The second-order valence-corrected chi connectivity index (χ2v) is 8.24. The lowest BCUT2D eigenvalue weighted by Crippen LogP contribution is -2.33. The van der Waals surface area contributed by atoms with E-state index in [0.717, 1.165) is 16.9 Å². The predicted molar refractivity (Wildman–Crippen MR) is 138 cm³/mol. The highest BCUT2D eigenvalue weighted by atomic mass is 16.5.